The second-order valence-electron chi connectivity index (χ2n) is 3.02. The van der Waals surface area contributed by atoms with Crippen LogP contribution in [-0.2, 0) is 4.74 Å². The highest BCUT2D eigenvalue weighted by Crippen LogP contribution is 2.09. The van der Waals surface area contributed by atoms with Gasteiger partial charge in [-0.25, -0.2) is 0 Å². The Morgan fingerprint density at radius 2 is 2.27 bits per heavy atom. The lowest BCUT2D eigenvalue weighted by Gasteiger charge is -2.00. The standard InChI is InChI=1S/C10H11N3O2/c1-2-15-7-10(14)13-9-6-4-3-5-8(9)11-12-13/h3-6H,2,7H2,1H3. The van der Waals surface area contributed by atoms with Gasteiger partial charge >= 0.3 is 0 Å². The number of ether oxygens (including phenoxy) is 1. The minimum atomic E-state index is -0.203. The second kappa shape index (κ2) is 4.18. The van der Waals surface area contributed by atoms with Gasteiger partial charge < -0.3 is 4.74 Å². The molecule has 0 bridgehead atoms. The van der Waals surface area contributed by atoms with Crippen LogP contribution in [0.2, 0.25) is 0 Å². The Balaban J connectivity index is 2.31. The van der Waals surface area contributed by atoms with Gasteiger partial charge in [0.15, 0.2) is 0 Å². The summed E-state index contributed by atoms with van der Waals surface area (Å²) >= 11 is 0. The number of hydrogen-bond acceptors (Lipinski definition) is 4. The van der Waals surface area contributed by atoms with Crippen molar-refractivity contribution in [2.24, 2.45) is 0 Å². The molecule has 0 radical (unpaired) electrons. The molecule has 0 saturated carbocycles. The molecule has 0 aliphatic rings. The van der Waals surface area contributed by atoms with E-state index in [2.05, 4.69) is 10.3 Å². The Morgan fingerprint density at radius 3 is 3.07 bits per heavy atom. The molecule has 78 valence electrons. The molecule has 0 unspecified atom stereocenters. The highest BCUT2D eigenvalue weighted by molar-refractivity contribution is 5.89. The number of rotatable bonds is 3. The van der Waals surface area contributed by atoms with Crippen LogP contribution in [0.3, 0.4) is 0 Å². The summed E-state index contributed by atoms with van der Waals surface area (Å²) in [5, 5.41) is 7.67. The van der Waals surface area contributed by atoms with E-state index in [-0.39, 0.29) is 12.5 Å². The van der Waals surface area contributed by atoms with E-state index in [0.717, 1.165) is 0 Å². The predicted molar refractivity (Wildman–Crippen MR) is 54.6 cm³/mol. The van der Waals surface area contributed by atoms with Crippen molar-refractivity contribution in [3.63, 3.8) is 0 Å². The molecule has 0 N–H and O–H groups in total. The van der Waals surface area contributed by atoms with Crippen LogP contribution in [0.5, 0.6) is 0 Å². The molecule has 2 aromatic rings. The molecular formula is C10H11N3O2. The minimum Gasteiger partial charge on any atom is -0.372 e. The van der Waals surface area contributed by atoms with E-state index in [0.29, 0.717) is 17.6 Å². The maximum Gasteiger partial charge on any atom is 0.274 e. The molecule has 5 nitrogen and oxygen atoms in total. The molecule has 0 amide bonds. The third kappa shape index (κ3) is 1.87. The number of hydrogen-bond donors (Lipinski definition) is 0. The summed E-state index contributed by atoms with van der Waals surface area (Å²) < 4.78 is 6.30. The van der Waals surface area contributed by atoms with Gasteiger partial charge in [-0.1, -0.05) is 17.3 Å². The van der Waals surface area contributed by atoms with Gasteiger partial charge in [-0.15, -0.1) is 5.10 Å². The van der Waals surface area contributed by atoms with Crippen LogP contribution in [0.15, 0.2) is 24.3 Å². The SMILES string of the molecule is CCOCC(=O)n1nnc2ccccc21. The van der Waals surface area contributed by atoms with E-state index in [1.807, 2.05) is 25.1 Å². The van der Waals surface area contributed by atoms with Crippen LogP contribution in [-0.4, -0.2) is 34.1 Å². The number of fused-ring (bicyclic) bond motifs is 1. The average Bonchev–Trinajstić information content (AvgIpc) is 2.69. The molecule has 1 heterocycles. The van der Waals surface area contributed by atoms with Crippen LogP contribution in [0, 0.1) is 0 Å². The van der Waals surface area contributed by atoms with Gasteiger partial charge in [0.05, 0.1) is 5.52 Å². The number of para-hydroxylation sites is 1. The van der Waals surface area contributed by atoms with Crippen molar-refractivity contribution in [1.29, 1.82) is 0 Å². The van der Waals surface area contributed by atoms with Crippen molar-refractivity contribution in [2.45, 2.75) is 6.92 Å². The van der Waals surface area contributed by atoms with Crippen LogP contribution in [0.1, 0.15) is 11.7 Å². The summed E-state index contributed by atoms with van der Waals surface area (Å²) in [5.74, 6) is -0.203. The lowest BCUT2D eigenvalue weighted by molar-refractivity contribution is 0.0685. The van der Waals surface area contributed by atoms with Gasteiger partial charge in [0.1, 0.15) is 12.1 Å². The first-order valence-corrected chi connectivity index (χ1v) is 4.74. The molecule has 0 aliphatic heterocycles. The van der Waals surface area contributed by atoms with Crippen molar-refractivity contribution >= 4 is 16.9 Å². The van der Waals surface area contributed by atoms with Crippen LogP contribution < -0.4 is 0 Å². The van der Waals surface area contributed by atoms with E-state index in [1.165, 1.54) is 4.68 Å². The van der Waals surface area contributed by atoms with Gasteiger partial charge in [0.2, 0.25) is 0 Å². The molecule has 0 aliphatic carbocycles. The molecule has 5 heteroatoms. The second-order valence-corrected chi connectivity index (χ2v) is 3.02. The first-order valence-electron chi connectivity index (χ1n) is 4.74. The first kappa shape index (κ1) is 9.79. The summed E-state index contributed by atoms with van der Waals surface area (Å²) in [6, 6.07) is 7.32. The summed E-state index contributed by atoms with van der Waals surface area (Å²) in [6.45, 7) is 2.38. The molecule has 15 heavy (non-hydrogen) atoms. The molecule has 1 aromatic heterocycles. The minimum absolute atomic E-state index is 0.0316. The van der Waals surface area contributed by atoms with Crippen molar-refractivity contribution in [2.75, 3.05) is 13.2 Å². The molecule has 0 spiro atoms. The van der Waals surface area contributed by atoms with Gasteiger partial charge in [-0.05, 0) is 19.1 Å². The Kier molecular flexibility index (Phi) is 2.73. The quantitative estimate of drug-likeness (QED) is 0.753. The van der Waals surface area contributed by atoms with Gasteiger partial charge in [-0.2, -0.15) is 4.68 Å². The van der Waals surface area contributed by atoms with E-state index < -0.39 is 0 Å². The number of benzene rings is 1. The summed E-state index contributed by atoms with van der Waals surface area (Å²) in [6.07, 6.45) is 0. The Labute approximate surface area is 86.6 Å². The molecule has 0 atom stereocenters. The van der Waals surface area contributed by atoms with E-state index in [9.17, 15) is 4.79 Å². The zero-order chi connectivity index (χ0) is 10.7. The summed E-state index contributed by atoms with van der Waals surface area (Å²) in [4.78, 5) is 11.6. The number of carbonyl (C=O) groups excluding carboxylic acids is 1. The third-order valence-electron chi connectivity index (χ3n) is 2.02. The highest BCUT2D eigenvalue weighted by atomic mass is 16.5. The lowest BCUT2D eigenvalue weighted by Crippen LogP contribution is -2.18. The van der Waals surface area contributed by atoms with Gasteiger partial charge in [0, 0.05) is 6.61 Å². The smallest absolute Gasteiger partial charge is 0.274 e. The summed E-state index contributed by atoms with van der Waals surface area (Å²) in [7, 11) is 0. The summed E-state index contributed by atoms with van der Waals surface area (Å²) in [5.41, 5.74) is 1.42. The Hall–Kier alpha value is -1.75. The highest BCUT2D eigenvalue weighted by Gasteiger charge is 2.10. The monoisotopic (exact) mass is 205 g/mol. The van der Waals surface area contributed by atoms with Crippen molar-refractivity contribution in [3.05, 3.63) is 24.3 Å². The Morgan fingerprint density at radius 1 is 1.47 bits per heavy atom. The zero-order valence-electron chi connectivity index (χ0n) is 8.38. The lowest BCUT2D eigenvalue weighted by atomic mass is 10.3. The number of aromatic nitrogens is 3. The topological polar surface area (TPSA) is 57.0 Å². The number of nitrogens with zero attached hydrogens (tertiary/aromatic N) is 3. The Bertz CT molecular complexity index is 478. The van der Waals surface area contributed by atoms with Gasteiger partial charge in [0.25, 0.3) is 5.91 Å². The van der Waals surface area contributed by atoms with Gasteiger partial charge in [-0.3, -0.25) is 4.79 Å². The largest absolute Gasteiger partial charge is 0.372 e. The van der Waals surface area contributed by atoms with Crippen LogP contribution in [0.25, 0.3) is 11.0 Å². The fraction of sp³-hybridized carbons (Fsp3) is 0.300. The van der Waals surface area contributed by atoms with E-state index in [4.69, 9.17) is 4.74 Å². The maximum absolute atomic E-state index is 11.6. The van der Waals surface area contributed by atoms with E-state index >= 15 is 0 Å². The number of carbonyl (C=O) groups is 1. The predicted octanol–water partition coefficient (Wildman–Crippen LogP) is 1.11. The van der Waals surface area contributed by atoms with Crippen molar-refractivity contribution in [3.8, 4) is 0 Å². The average molecular weight is 205 g/mol. The first-order chi connectivity index (χ1) is 7.33. The fourth-order valence-corrected chi connectivity index (χ4v) is 1.30. The fourth-order valence-electron chi connectivity index (χ4n) is 1.30. The molecule has 1 aromatic carbocycles. The molecule has 0 fully saturated rings. The molecular weight excluding hydrogens is 194 g/mol. The molecule has 0 saturated heterocycles. The van der Waals surface area contributed by atoms with Crippen LogP contribution in [0.4, 0.5) is 0 Å². The van der Waals surface area contributed by atoms with Crippen molar-refractivity contribution < 1.29 is 9.53 Å². The normalized spacial score (nSPS) is 10.7. The van der Waals surface area contributed by atoms with E-state index in [1.54, 1.807) is 6.07 Å². The van der Waals surface area contributed by atoms with Crippen LogP contribution >= 0.6 is 0 Å². The van der Waals surface area contributed by atoms with Crippen molar-refractivity contribution in [1.82, 2.24) is 15.0 Å². The molecule has 2 rings (SSSR count). The third-order valence-corrected chi connectivity index (χ3v) is 2.02. The maximum atomic E-state index is 11.6. The zero-order valence-corrected chi connectivity index (χ0v) is 8.38.